The third kappa shape index (κ3) is 4.27. The topological polar surface area (TPSA) is 38.8 Å². The van der Waals surface area contributed by atoms with Gasteiger partial charge in [-0.05, 0) is 0 Å². The molecule has 1 unspecified atom stereocenters. The summed E-state index contributed by atoms with van der Waals surface area (Å²) in [6.45, 7) is 0. The van der Waals surface area contributed by atoms with Gasteiger partial charge in [0.2, 0.25) is 0 Å². The molecule has 0 saturated heterocycles. The largest absolute Gasteiger partial charge is 0.335 e. The number of rotatable bonds is 3. The van der Waals surface area contributed by atoms with Gasteiger partial charge in [0.25, 0.3) is 0 Å². The summed E-state index contributed by atoms with van der Waals surface area (Å²) >= 11 is 0. The molecule has 8 heavy (non-hydrogen) atoms. The molecule has 0 fully saturated rings. The molecule has 0 aromatic carbocycles. The first-order valence-corrected chi connectivity index (χ1v) is 3.32. The second-order valence-corrected chi connectivity index (χ2v) is 2.45. The Morgan fingerprint density at radius 3 is 2.12 bits per heavy atom. The molecule has 0 aromatic heterocycles. The van der Waals surface area contributed by atoms with Crippen molar-refractivity contribution in [3.63, 3.8) is 0 Å². The first-order valence-electron chi connectivity index (χ1n) is 2.10. The predicted octanol–water partition coefficient (Wildman–Crippen LogP) is 0.516. The number of hydroxylamine groups is 2. The maximum atomic E-state index is 10.3. The Morgan fingerprint density at radius 2 is 2.00 bits per heavy atom. The van der Waals surface area contributed by atoms with E-state index >= 15 is 0 Å². The van der Waals surface area contributed by atoms with Gasteiger partial charge >= 0.3 is 8.25 Å². The van der Waals surface area contributed by atoms with Gasteiger partial charge in [0.1, 0.15) is 0 Å². The van der Waals surface area contributed by atoms with E-state index in [-0.39, 0.29) is 0 Å². The lowest BCUT2D eigenvalue weighted by molar-refractivity contribution is -0.00896. The summed E-state index contributed by atoms with van der Waals surface area (Å²) in [6, 6.07) is 0. The predicted molar refractivity (Wildman–Crippen MR) is 30.8 cm³/mol. The molecule has 0 spiro atoms. The van der Waals surface area contributed by atoms with Crippen LogP contribution in [0.1, 0.15) is 0 Å². The molecule has 0 aliphatic rings. The molecule has 1 atom stereocenters. The van der Waals surface area contributed by atoms with Crippen LogP contribution in [0.3, 0.4) is 0 Å². The van der Waals surface area contributed by atoms with Crippen molar-refractivity contribution in [1.29, 1.82) is 0 Å². The fraction of sp³-hybridized carbons (Fsp3) is 1.00. The molecular formula is C3H10NO3P. The van der Waals surface area contributed by atoms with E-state index in [9.17, 15) is 4.57 Å². The standard InChI is InChI=1S/C3H10NO3P/c1-4(2)7-8(5)6-3/h8H,1-3H3. The highest BCUT2D eigenvalue weighted by Gasteiger charge is 1.95. The second-order valence-electron chi connectivity index (χ2n) is 1.36. The van der Waals surface area contributed by atoms with Gasteiger partial charge < -0.3 is 4.52 Å². The summed E-state index contributed by atoms with van der Waals surface area (Å²) in [7, 11) is 2.37. The molecule has 0 rings (SSSR count). The van der Waals surface area contributed by atoms with Crippen LogP contribution in [0.25, 0.3) is 0 Å². The molecule has 0 aliphatic heterocycles. The number of hydrogen-bond donors (Lipinski definition) is 0. The van der Waals surface area contributed by atoms with Gasteiger partial charge in [0.05, 0.1) is 0 Å². The average Bonchev–Trinajstić information content (AvgIpc) is 1.65. The van der Waals surface area contributed by atoms with Crippen LogP contribution < -0.4 is 0 Å². The van der Waals surface area contributed by atoms with E-state index in [4.69, 9.17) is 0 Å². The van der Waals surface area contributed by atoms with Gasteiger partial charge in [-0.1, -0.05) is 0 Å². The summed E-state index contributed by atoms with van der Waals surface area (Å²) in [5.74, 6) is 0. The molecular weight excluding hydrogens is 129 g/mol. The van der Waals surface area contributed by atoms with Crippen LogP contribution >= 0.6 is 8.25 Å². The molecule has 0 amide bonds. The fourth-order valence-electron chi connectivity index (χ4n) is 0.186. The lowest BCUT2D eigenvalue weighted by Crippen LogP contribution is -2.06. The normalized spacial score (nSPS) is 14.5. The summed E-state index contributed by atoms with van der Waals surface area (Å²) in [5, 5.41) is 1.34. The van der Waals surface area contributed by atoms with Crippen molar-refractivity contribution >= 4 is 8.25 Å². The van der Waals surface area contributed by atoms with Crippen molar-refractivity contribution in [2.75, 3.05) is 21.2 Å². The summed E-state index contributed by atoms with van der Waals surface area (Å²) in [5.41, 5.74) is 0. The van der Waals surface area contributed by atoms with Crippen LogP contribution in [0.2, 0.25) is 0 Å². The average molecular weight is 139 g/mol. The summed E-state index contributed by atoms with van der Waals surface area (Å²) < 4.78 is 19.2. The summed E-state index contributed by atoms with van der Waals surface area (Å²) in [6.07, 6.45) is 0. The molecule has 0 saturated carbocycles. The van der Waals surface area contributed by atoms with Crippen molar-refractivity contribution in [3.8, 4) is 0 Å². The van der Waals surface area contributed by atoms with Crippen LogP contribution in [0, 0.1) is 0 Å². The van der Waals surface area contributed by atoms with Gasteiger partial charge in [0, 0.05) is 21.2 Å². The highest BCUT2D eigenvalue weighted by atomic mass is 31.1. The van der Waals surface area contributed by atoms with Crippen molar-refractivity contribution in [1.82, 2.24) is 5.06 Å². The number of hydrogen-bond acceptors (Lipinski definition) is 4. The van der Waals surface area contributed by atoms with Crippen LogP contribution in [0.15, 0.2) is 0 Å². The van der Waals surface area contributed by atoms with E-state index in [1.165, 1.54) is 12.2 Å². The van der Waals surface area contributed by atoms with Gasteiger partial charge in [-0.25, -0.2) is 4.62 Å². The molecule has 0 aliphatic carbocycles. The van der Waals surface area contributed by atoms with Crippen LogP contribution in [-0.2, 0) is 13.7 Å². The Kier molecular flexibility index (Phi) is 4.09. The maximum Gasteiger partial charge on any atom is 0.335 e. The van der Waals surface area contributed by atoms with Crippen LogP contribution in [0.5, 0.6) is 0 Å². The molecule has 0 heterocycles. The van der Waals surface area contributed by atoms with Gasteiger partial charge in [0.15, 0.2) is 0 Å². The van der Waals surface area contributed by atoms with E-state index < -0.39 is 8.25 Å². The molecule has 50 valence electrons. The monoisotopic (exact) mass is 139 g/mol. The molecule has 0 aromatic rings. The first kappa shape index (κ1) is 8.11. The van der Waals surface area contributed by atoms with Crippen molar-refractivity contribution < 1.29 is 13.7 Å². The Bertz CT molecular complexity index is 84.6. The smallest absolute Gasteiger partial charge is 0.313 e. The lowest BCUT2D eigenvalue weighted by atomic mass is 11.2. The quantitative estimate of drug-likeness (QED) is 0.422. The minimum absolute atomic E-state index is 1.34. The molecule has 0 N–H and O–H groups in total. The molecule has 0 bridgehead atoms. The Balaban J connectivity index is 3.25. The Labute approximate surface area is 49.3 Å². The lowest BCUT2D eigenvalue weighted by Gasteiger charge is -2.06. The molecule has 4 nitrogen and oxygen atoms in total. The van der Waals surface area contributed by atoms with Gasteiger partial charge in [-0.15, -0.1) is 0 Å². The Morgan fingerprint density at radius 1 is 1.50 bits per heavy atom. The number of nitrogens with zero attached hydrogens (tertiary/aromatic N) is 1. The third-order valence-corrected chi connectivity index (χ3v) is 1.27. The fourth-order valence-corrected chi connectivity index (χ4v) is 0.559. The van der Waals surface area contributed by atoms with E-state index in [2.05, 4.69) is 9.15 Å². The van der Waals surface area contributed by atoms with Gasteiger partial charge in [-0.3, -0.25) is 4.57 Å². The van der Waals surface area contributed by atoms with Crippen LogP contribution in [0.4, 0.5) is 0 Å². The zero-order valence-corrected chi connectivity index (χ0v) is 6.17. The highest BCUT2D eigenvalue weighted by molar-refractivity contribution is 7.33. The Hall–Kier alpha value is 0.110. The minimum Gasteiger partial charge on any atom is -0.313 e. The molecule has 5 heteroatoms. The van der Waals surface area contributed by atoms with E-state index in [1.807, 2.05) is 0 Å². The highest BCUT2D eigenvalue weighted by Crippen LogP contribution is 2.21. The minimum atomic E-state index is -2.25. The van der Waals surface area contributed by atoms with E-state index in [0.29, 0.717) is 0 Å². The van der Waals surface area contributed by atoms with Crippen molar-refractivity contribution in [2.45, 2.75) is 0 Å². The zero-order chi connectivity index (χ0) is 6.57. The zero-order valence-electron chi connectivity index (χ0n) is 5.17. The van der Waals surface area contributed by atoms with Gasteiger partial charge in [-0.2, -0.15) is 5.06 Å². The SMILES string of the molecule is CO[PH](=O)ON(C)C. The van der Waals surface area contributed by atoms with Crippen LogP contribution in [-0.4, -0.2) is 26.3 Å². The third-order valence-electron chi connectivity index (χ3n) is 0.424. The summed E-state index contributed by atoms with van der Waals surface area (Å²) in [4.78, 5) is 0. The van der Waals surface area contributed by atoms with E-state index in [1.54, 1.807) is 14.1 Å². The second kappa shape index (κ2) is 4.04. The van der Waals surface area contributed by atoms with E-state index in [0.717, 1.165) is 0 Å². The molecule has 0 radical (unpaired) electrons. The van der Waals surface area contributed by atoms with Crippen molar-refractivity contribution in [3.05, 3.63) is 0 Å². The maximum absolute atomic E-state index is 10.3. The van der Waals surface area contributed by atoms with Crippen molar-refractivity contribution in [2.24, 2.45) is 0 Å². The first-order chi connectivity index (χ1) is 3.66.